The second kappa shape index (κ2) is 59.9. The third-order valence-electron chi connectivity index (χ3n) is 20.7. The summed E-state index contributed by atoms with van der Waals surface area (Å²) in [6.07, 6.45) is 19.2. The maximum atomic E-state index is 11.3. The number of aromatic nitrogens is 16. The molecule has 22 rings (SSSR count). The summed E-state index contributed by atoms with van der Waals surface area (Å²) >= 11 is 0. The predicted molar refractivity (Wildman–Crippen MR) is 538 cm³/mol. The molecule has 0 fully saturated rings. The van der Waals surface area contributed by atoms with Crippen molar-refractivity contribution in [3.63, 3.8) is 0 Å². The molecule has 0 saturated carbocycles. The van der Waals surface area contributed by atoms with Gasteiger partial charge in [0.1, 0.15) is 19.1 Å². The van der Waals surface area contributed by atoms with Gasteiger partial charge in [0.2, 0.25) is 5.69 Å². The zero-order valence-corrected chi connectivity index (χ0v) is 67.9. The minimum absolute atomic E-state index is 0. The number of rotatable bonds is 0. The standard InChI is InChI=1S/C9H9NO.C9H11N.C8H12N2.2C8H10N2.C7H11N3.2C7H9N3.C7H10N2O.2C6H10N4.17CH4/c1-10-6-7-4-2-3-5-8(7)9(10)11;1-10-6-8-4-2-3-5-9(8)7-10;1-9-3-7-5-10(2)6-8(7)4-9;1-10-5-7-2-3-9-4-8(7)6-10;1-10-5-7-3-2-4-9-8(7)6-10;1-9-3-6-4-10(2)8-7(6)5-9;1-10-3-6-2-8-5-9-7(6)4-10;1-10-4-6-7(5-10)9-3-2-8-6;1-5-6-3-9(2)4-7(6)10-8-5;2*1-9-3-5-6(4-9)10(2)8-7-5;;;;;;;;;;;;;;;;;/h2-5H,6H2,1H3;2-5H,6-7H2,1H3;3-4H,5-6H2,1-2H3;2*2-4H,5-6H2,1H3;4H,3,5H2,1-2H3;2,5H,3-4H2,1H3;2-3H,4-5H2,1H3;3*3-4H2,1-2H3;17*1H4/p+1. The molecular formula is C99H180N27O2+. The van der Waals surface area contributed by atoms with Gasteiger partial charge in [0, 0.05) is 229 Å². The topological polar surface area (TPSA) is 242 Å². The number of hydrogen-bond donors (Lipinski definition) is 1. The molecule has 0 unspecified atom stereocenters. The van der Waals surface area contributed by atoms with E-state index in [4.69, 9.17) is 4.52 Å². The van der Waals surface area contributed by atoms with Gasteiger partial charge in [-0.1, -0.05) is 190 Å². The van der Waals surface area contributed by atoms with E-state index in [2.05, 4.69) is 247 Å². The molecule has 11 aromatic rings. The van der Waals surface area contributed by atoms with Crippen LogP contribution in [0, 0.1) is 6.92 Å². The van der Waals surface area contributed by atoms with Crippen molar-refractivity contribution in [2.45, 2.75) is 271 Å². The molecule has 0 aliphatic carbocycles. The van der Waals surface area contributed by atoms with Crippen LogP contribution in [0.3, 0.4) is 0 Å². The zero-order chi connectivity index (χ0) is 78.4. The molecule has 1 amide bonds. The molecule has 0 radical (unpaired) electrons. The van der Waals surface area contributed by atoms with Crippen molar-refractivity contribution in [1.82, 2.24) is 129 Å². The molecule has 0 bridgehead atoms. The second-order valence-electron chi connectivity index (χ2n) is 31.2. The number of nitrogens with zero attached hydrogens (tertiary/aromatic N) is 26. The average molecular weight is 1780 g/mol. The van der Waals surface area contributed by atoms with Crippen LogP contribution in [0.1, 0.15) is 261 Å². The molecular weight excluding hydrogens is 1600 g/mol. The number of carbonyl (C=O) groups is 1. The molecule has 11 aliphatic rings. The smallest absolute Gasteiger partial charge is 0.254 e. The monoisotopic (exact) mass is 1780 g/mol. The SMILES string of the molecule is C.C.C.C.C.C.C.C.C.C.C.C.C.C.C.C.C.CN1Cc2ccccc2C1.CN1Cc2ccccc2C1=O.CN1Cc2cccnc2C1.CN1Cc2ccncc2C1.CN1Cc2cn(C)cc2C1.CN1Cc2cn(C)nc2C1.CN1Cc2cncnc2C1.CN1Cc2n[nH][n+](C)c2C1.CN1Cc2nccnc2C1.CN1Cc2nnn(C)c2C1.Cc1noc2c1CN(C)C2. The van der Waals surface area contributed by atoms with Crippen molar-refractivity contribution in [3.05, 3.63) is 258 Å². The highest BCUT2D eigenvalue weighted by atomic mass is 16.5. The zero-order valence-electron chi connectivity index (χ0n) is 67.9. The molecule has 0 spiro atoms. The van der Waals surface area contributed by atoms with Gasteiger partial charge in [0.15, 0.2) is 11.5 Å². The van der Waals surface area contributed by atoms with E-state index in [0.29, 0.717) is 0 Å². The van der Waals surface area contributed by atoms with Crippen molar-refractivity contribution in [1.29, 1.82) is 0 Å². The number of carbonyl (C=O) groups excluding carboxylic acids is 1. The van der Waals surface area contributed by atoms with Gasteiger partial charge in [-0.2, -0.15) is 9.78 Å². The van der Waals surface area contributed by atoms with E-state index in [1.165, 1.54) is 89.8 Å². The molecule has 9 aromatic heterocycles. The van der Waals surface area contributed by atoms with Crippen molar-refractivity contribution in [2.75, 3.05) is 77.5 Å². The van der Waals surface area contributed by atoms with Gasteiger partial charge in [-0.3, -0.25) is 83.1 Å². The molecule has 722 valence electrons. The Balaban J connectivity index is -0.000000316. The van der Waals surface area contributed by atoms with E-state index < -0.39 is 0 Å². The van der Waals surface area contributed by atoms with Gasteiger partial charge in [0.25, 0.3) is 5.91 Å². The molecule has 11 aliphatic heterocycles. The molecule has 0 saturated heterocycles. The van der Waals surface area contributed by atoms with Crippen LogP contribution < -0.4 is 4.68 Å². The number of aromatic amines is 1. The second-order valence-corrected chi connectivity index (χ2v) is 31.2. The maximum Gasteiger partial charge on any atom is 0.254 e. The highest BCUT2D eigenvalue weighted by Crippen LogP contribution is 2.27. The lowest BCUT2D eigenvalue weighted by Crippen LogP contribution is -2.35. The first-order valence-electron chi connectivity index (χ1n) is 38.0. The lowest BCUT2D eigenvalue weighted by Gasteiger charge is -2.04. The van der Waals surface area contributed by atoms with E-state index in [-0.39, 0.29) is 132 Å². The maximum absolute atomic E-state index is 11.3. The number of pyridine rings is 2. The van der Waals surface area contributed by atoms with Gasteiger partial charge in [0.05, 0.1) is 59.5 Å². The molecule has 128 heavy (non-hydrogen) atoms. The molecule has 20 heterocycles. The van der Waals surface area contributed by atoms with Crippen LogP contribution in [0.25, 0.3) is 0 Å². The van der Waals surface area contributed by atoms with Crippen molar-refractivity contribution < 1.29 is 14.0 Å². The fourth-order valence-corrected chi connectivity index (χ4v) is 15.2. The van der Waals surface area contributed by atoms with Gasteiger partial charge in [-0.15, -0.1) is 5.10 Å². The molecule has 2 aromatic carbocycles. The van der Waals surface area contributed by atoms with Crippen LogP contribution in [0.4, 0.5) is 0 Å². The molecule has 29 heteroatoms. The molecule has 29 nitrogen and oxygen atoms in total. The molecule has 1 N–H and O–H groups in total. The van der Waals surface area contributed by atoms with E-state index >= 15 is 0 Å². The van der Waals surface area contributed by atoms with Gasteiger partial charge < -0.3 is 14.0 Å². The quantitative estimate of drug-likeness (QED) is 0.139. The van der Waals surface area contributed by atoms with Crippen LogP contribution in [0.5, 0.6) is 0 Å². The Morgan fingerprint density at radius 1 is 0.359 bits per heavy atom. The number of H-pyrrole nitrogens is 1. The molecule has 0 atom stereocenters. The first kappa shape index (κ1) is 129. The van der Waals surface area contributed by atoms with Crippen LogP contribution in [0.15, 0.2) is 133 Å². The highest BCUT2D eigenvalue weighted by molar-refractivity contribution is 5.98. The third-order valence-corrected chi connectivity index (χ3v) is 20.7. The highest BCUT2D eigenvalue weighted by Gasteiger charge is 2.29. The first-order valence-corrected chi connectivity index (χ1v) is 38.0. The summed E-state index contributed by atoms with van der Waals surface area (Å²) in [5, 5.41) is 23.2. The lowest BCUT2D eigenvalue weighted by atomic mass is 10.1. The number of fused-ring (bicyclic) bond motifs is 11. The fourth-order valence-electron chi connectivity index (χ4n) is 15.2. The lowest BCUT2D eigenvalue weighted by molar-refractivity contribution is -0.737. The van der Waals surface area contributed by atoms with Crippen LogP contribution in [0.2, 0.25) is 0 Å². The summed E-state index contributed by atoms with van der Waals surface area (Å²) in [5.41, 5.74) is 27.9. The Kier molecular flexibility index (Phi) is 60.3. The summed E-state index contributed by atoms with van der Waals surface area (Å²) in [6.45, 7) is 23.2. The van der Waals surface area contributed by atoms with Crippen LogP contribution in [-0.4, -0.2) is 212 Å². The largest absolute Gasteiger partial charge is 0.359 e. The Morgan fingerprint density at radius 2 is 0.789 bits per heavy atom. The fraction of sp³-hybridized carbons (Fsp3) is 0.545. The minimum Gasteiger partial charge on any atom is -0.359 e. The summed E-state index contributed by atoms with van der Waals surface area (Å²) in [7, 11) is 30.9. The Morgan fingerprint density at radius 3 is 1.32 bits per heavy atom. The van der Waals surface area contributed by atoms with E-state index in [1.807, 2.05) is 104 Å². The first-order chi connectivity index (χ1) is 53.4. The summed E-state index contributed by atoms with van der Waals surface area (Å²) in [6, 6.07) is 22.6. The van der Waals surface area contributed by atoms with Crippen LogP contribution >= 0.6 is 0 Å². The number of aryl methyl sites for hydroxylation is 5. The number of amides is 1. The minimum atomic E-state index is 0. The van der Waals surface area contributed by atoms with Gasteiger partial charge >= 0.3 is 0 Å². The average Bonchev–Trinajstić information content (AvgIpc) is 1.67. The summed E-state index contributed by atoms with van der Waals surface area (Å²) in [5.74, 6) is 1.18. The van der Waals surface area contributed by atoms with Crippen LogP contribution in [-0.2, 0) is 166 Å². The summed E-state index contributed by atoms with van der Waals surface area (Å²) < 4.78 is 12.9. The van der Waals surface area contributed by atoms with Crippen molar-refractivity contribution in [3.8, 4) is 0 Å². The third kappa shape index (κ3) is 34.4. The summed E-state index contributed by atoms with van der Waals surface area (Å²) in [4.78, 5) is 60.5. The number of hydrogen-bond acceptors (Lipinski definition) is 23. The Bertz CT molecular complexity index is 4220. The van der Waals surface area contributed by atoms with Crippen molar-refractivity contribution >= 4 is 5.91 Å². The van der Waals surface area contributed by atoms with E-state index in [1.54, 1.807) is 23.6 Å². The normalized spacial score (nSPS) is 15.0. The number of nitrogens with one attached hydrogen (secondary N) is 1. The Labute approximate surface area is 779 Å². The van der Waals surface area contributed by atoms with Crippen molar-refractivity contribution in [2.24, 2.45) is 28.2 Å². The van der Waals surface area contributed by atoms with E-state index in [0.717, 1.165) is 177 Å². The van der Waals surface area contributed by atoms with E-state index in [9.17, 15) is 4.79 Å². The predicted octanol–water partition coefficient (Wildman–Crippen LogP) is 17.8. The van der Waals surface area contributed by atoms with Gasteiger partial charge in [-0.05, 0) is 140 Å². The van der Waals surface area contributed by atoms with Gasteiger partial charge in [-0.25, -0.2) is 9.97 Å². The Hall–Kier alpha value is -10.0. The number of benzene rings is 2.